The van der Waals surface area contributed by atoms with Crippen molar-refractivity contribution in [3.05, 3.63) is 11.8 Å². The van der Waals surface area contributed by atoms with Crippen molar-refractivity contribution in [3.63, 3.8) is 0 Å². The van der Waals surface area contributed by atoms with Crippen LogP contribution in [0.15, 0.2) is 11.8 Å². The first-order valence-electron chi connectivity index (χ1n) is 7.10. The molecule has 0 unspecified atom stereocenters. The van der Waals surface area contributed by atoms with Crippen LogP contribution < -0.4 is 0 Å². The Morgan fingerprint density at radius 3 is 2.78 bits per heavy atom. The molecular formula is C14H24N2O2. The van der Waals surface area contributed by atoms with Crippen molar-refractivity contribution in [2.24, 2.45) is 0 Å². The quantitative estimate of drug-likeness (QED) is 0.821. The molecule has 0 atom stereocenters. The number of likely N-dealkylation sites (tertiary alicyclic amines) is 1. The Balaban J connectivity index is 1.85. The molecule has 0 radical (unpaired) electrons. The minimum atomic E-state index is -0.170. The normalized spacial score (nSPS) is 22.0. The second-order valence-corrected chi connectivity index (χ2v) is 5.23. The van der Waals surface area contributed by atoms with E-state index < -0.39 is 0 Å². The zero-order valence-electron chi connectivity index (χ0n) is 11.3. The number of rotatable bonds is 4. The van der Waals surface area contributed by atoms with Gasteiger partial charge in [-0.05, 0) is 39.0 Å². The molecule has 2 aliphatic rings. The summed E-state index contributed by atoms with van der Waals surface area (Å²) in [4.78, 5) is 16.4. The van der Waals surface area contributed by atoms with Crippen LogP contribution in [0.25, 0.3) is 0 Å². The largest absolute Gasteiger partial charge is 0.393 e. The number of carbonyl (C=O) groups excluding carboxylic acids is 1. The number of piperidine rings is 1. The Bertz CT molecular complexity index is 320. The third-order valence-electron chi connectivity index (χ3n) is 3.90. The summed E-state index contributed by atoms with van der Waals surface area (Å²) < 4.78 is 0. The summed E-state index contributed by atoms with van der Waals surface area (Å²) in [5.41, 5.74) is 1.21. The Hall–Kier alpha value is -0.870. The summed E-state index contributed by atoms with van der Waals surface area (Å²) in [6, 6.07) is 0. The van der Waals surface area contributed by atoms with Crippen LogP contribution in [0.5, 0.6) is 0 Å². The van der Waals surface area contributed by atoms with Gasteiger partial charge in [0.2, 0.25) is 5.91 Å². The van der Waals surface area contributed by atoms with Crippen LogP contribution in [0.2, 0.25) is 0 Å². The van der Waals surface area contributed by atoms with Gasteiger partial charge in [0.1, 0.15) is 0 Å². The zero-order chi connectivity index (χ0) is 13.0. The molecule has 1 aliphatic heterocycles. The minimum Gasteiger partial charge on any atom is -0.393 e. The molecule has 102 valence electrons. The third kappa shape index (κ3) is 3.33. The van der Waals surface area contributed by atoms with Crippen molar-refractivity contribution >= 4 is 5.91 Å². The second kappa shape index (κ2) is 6.34. The summed E-state index contributed by atoms with van der Waals surface area (Å²) >= 11 is 0. The van der Waals surface area contributed by atoms with Crippen LogP contribution in [0, 0.1) is 0 Å². The molecule has 1 heterocycles. The predicted molar refractivity (Wildman–Crippen MR) is 71.0 cm³/mol. The van der Waals surface area contributed by atoms with E-state index in [9.17, 15) is 9.90 Å². The summed E-state index contributed by atoms with van der Waals surface area (Å²) in [7, 11) is 0. The van der Waals surface area contributed by atoms with Crippen molar-refractivity contribution in [2.45, 2.75) is 45.1 Å². The summed E-state index contributed by atoms with van der Waals surface area (Å²) in [6.07, 6.45) is 6.93. The maximum atomic E-state index is 12.3. The third-order valence-corrected chi connectivity index (χ3v) is 3.90. The Kier molecular flexibility index (Phi) is 4.78. The van der Waals surface area contributed by atoms with Gasteiger partial charge in [-0.15, -0.1) is 0 Å². The topological polar surface area (TPSA) is 43.8 Å². The first-order valence-corrected chi connectivity index (χ1v) is 7.10. The van der Waals surface area contributed by atoms with Gasteiger partial charge in [-0.1, -0.05) is 6.08 Å². The molecule has 0 bridgehead atoms. The van der Waals surface area contributed by atoms with Crippen LogP contribution in [-0.2, 0) is 4.79 Å². The highest BCUT2D eigenvalue weighted by Crippen LogP contribution is 2.21. The number of likely N-dealkylation sites (N-methyl/N-ethyl adjacent to an activating group) is 1. The molecule has 1 N–H and O–H groups in total. The molecule has 0 aromatic carbocycles. The summed E-state index contributed by atoms with van der Waals surface area (Å²) in [5.74, 6) is 0.210. The van der Waals surface area contributed by atoms with Gasteiger partial charge >= 0.3 is 0 Å². The maximum absolute atomic E-state index is 12.3. The molecule has 1 fully saturated rings. The van der Waals surface area contributed by atoms with E-state index in [-0.39, 0.29) is 12.0 Å². The van der Waals surface area contributed by atoms with Crippen molar-refractivity contribution in [3.8, 4) is 0 Å². The molecule has 18 heavy (non-hydrogen) atoms. The number of allylic oxidation sites excluding steroid dienone is 2. The molecule has 1 saturated heterocycles. The number of hydrogen-bond acceptors (Lipinski definition) is 3. The molecule has 2 rings (SSSR count). The van der Waals surface area contributed by atoms with Gasteiger partial charge in [0.25, 0.3) is 0 Å². The highest BCUT2D eigenvalue weighted by molar-refractivity contribution is 5.80. The SMILES string of the molecule is CCN(C(=O)CN1CCC(O)CC1)C1=CCCC1. The number of carbonyl (C=O) groups is 1. The van der Waals surface area contributed by atoms with E-state index in [1.165, 1.54) is 12.1 Å². The lowest BCUT2D eigenvalue weighted by atomic mass is 10.1. The molecule has 0 spiro atoms. The van der Waals surface area contributed by atoms with Crippen LogP contribution in [0.1, 0.15) is 39.0 Å². The van der Waals surface area contributed by atoms with Crippen molar-refractivity contribution < 1.29 is 9.90 Å². The number of hydrogen-bond donors (Lipinski definition) is 1. The van der Waals surface area contributed by atoms with E-state index in [4.69, 9.17) is 0 Å². The molecule has 4 nitrogen and oxygen atoms in total. The fourth-order valence-corrected chi connectivity index (χ4v) is 2.79. The first-order chi connectivity index (χ1) is 8.70. The lowest BCUT2D eigenvalue weighted by molar-refractivity contribution is -0.131. The van der Waals surface area contributed by atoms with E-state index in [2.05, 4.69) is 11.0 Å². The molecule has 0 aromatic rings. The molecule has 0 aromatic heterocycles. The van der Waals surface area contributed by atoms with Crippen molar-refractivity contribution in [1.29, 1.82) is 0 Å². The highest BCUT2D eigenvalue weighted by atomic mass is 16.3. The lowest BCUT2D eigenvalue weighted by Crippen LogP contribution is -2.43. The molecule has 4 heteroatoms. The zero-order valence-corrected chi connectivity index (χ0v) is 11.3. The van der Waals surface area contributed by atoms with E-state index in [1.54, 1.807) is 0 Å². The number of aliphatic hydroxyl groups excluding tert-OH is 1. The van der Waals surface area contributed by atoms with Gasteiger partial charge in [0.05, 0.1) is 12.6 Å². The van der Waals surface area contributed by atoms with Crippen LogP contribution >= 0.6 is 0 Å². The standard InChI is InChI=1S/C14H24N2O2/c1-2-16(12-5-3-4-6-12)14(18)11-15-9-7-13(17)8-10-15/h5,13,17H,2-4,6-11H2,1H3. The van der Waals surface area contributed by atoms with Crippen LogP contribution in [0.3, 0.4) is 0 Å². The Morgan fingerprint density at radius 2 is 2.22 bits per heavy atom. The Morgan fingerprint density at radius 1 is 1.50 bits per heavy atom. The van der Waals surface area contributed by atoms with Crippen molar-refractivity contribution in [1.82, 2.24) is 9.80 Å². The summed E-state index contributed by atoms with van der Waals surface area (Å²) in [6.45, 7) is 4.98. The van der Waals surface area contributed by atoms with Gasteiger partial charge in [-0.25, -0.2) is 0 Å². The van der Waals surface area contributed by atoms with Gasteiger partial charge in [-0.3, -0.25) is 9.69 Å². The molecule has 1 aliphatic carbocycles. The van der Waals surface area contributed by atoms with E-state index >= 15 is 0 Å². The van der Waals surface area contributed by atoms with Gasteiger partial charge in [-0.2, -0.15) is 0 Å². The number of amides is 1. The van der Waals surface area contributed by atoms with Gasteiger partial charge in [0, 0.05) is 25.3 Å². The van der Waals surface area contributed by atoms with Crippen LogP contribution in [0.4, 0.5) is 0 Å². The monoisotopic (exact) mass is 252 g/mol. The molecular weight excluding hydrogens is 228 g/mol. The molecule has 0 saturated carbocycles. The second-order valence-electron chi connectivity index (χ2n) is 5.23. The first kappa shape index (κ1) is 13.6. The summed E-state index contributed by atoms with van der Waals surface area (Å²) in [5, 5.41) is 9.46. The van der Waals surface area contributed by atoms with Gasteiger partial charge < -0.3 is 10.0 Å². The lowest BCUT2D eigenvalue weighted by Gasteiger charge is -2.31. The van der Waals surface area contributed by atoms with Gasteiger partial charge in [0.15, 0.2) is 0 Å². The van der Waals surface area contributed by atoms with E-state index in [0.717, 1.165) is 45.3 Å². The molecule has 1 amide bonds. The van der Waals surface area contributed by atoms with Crippen LogP contribution in [-0.4, -0.2) is 53.1 Å². The maximum Gasteiger partial charge on any atom is 0.240 e. The smallest absolute Gasteiger partial charge is 0.240 e. The van der Waals surface area contributed by atoms with E-state index in [0.29, 0.717) is 6.54 Å². The van der Waals surface area contributed by atoms with Crippen molar-refractivity contribution in [2.75, 3.05) is 26.2 Å². The fourth-order valence-electron chi connectivity index (χ4n) is 2.79. The number of nitrogens with zero attached hydrogens (tertiary/aromatic N) is 2. The average molecular weight is 252 g/mol. The minimum absolute atomic E-state index is 0.170. The Labute approximate surface area is 109 Å². The fraction of sp³-hybridized carbons (Fsp3) is 0.786. The number of aliphatic hydroxyl groups is 1. The average Bonchev–Trinajstić information content (AvgIpc) is 2.87. The predicted octanol–water partition coefficient (Wildman–Crippen LogP) is 1.36. The highest BCUT2D eigenvalue weighted by Gasteiger charge is 2.23. The van der Waals surface area contributed by atoms with E-state index in [1.807, 2.05) is 11.8 Å².